The van der Waals surface area contributed by atoms with E-state index in [9.17, 15) is 0 Å². The van der Waals surface area contributed by atoms with Gasteiger partial charge in [0.1, 0.15) is 5.82 Å². The van der Waals surface area contributed by atoms with E-state index in [0.29, 0.717) is 6.54 Å². The van der Waals surface area contributed by atoms with Gasteiger partial charge in [-0.2, -0.15) is 0 Å². The molecule has 1 heterocycles. The molecule has 21 heavy (non-hydrogen) atoms. The summed E-state index contributed by atoms with van der Waals surface area (Å²) in [5.41, 5.74) is 11.8. The predicted molar refractivity (Wildman–Crippen MR) is 90.2 cm³/mol. The van der Waals surface area contributed by atoms with Crippen molar-refractivity contribution in [2.45, 2.75) is 19.8 Å². The van der Waals surface area contributed by atoms with Gasteiger partial charge in [-0.15, -0.1) is 12.4 Å². The van der Waals surface area contributed by atoms with Gasteiger partial charge in [0.15, 0.2) is 0 Å². The quantitative estimate of drug-likeness (QED) is 0.775. The molecule has 1 unspecified atom stereocenters. The minimum atomic E-state index is 0. The molecule has 0 bridgehead atoms. The zero-order valence-corrected chi connectivity index (χ0v) is 13.1. The third kappa shape index (κ3) is 2.94. The number of nitrogens with zero attached hydrogens (tertiary/aromatic N) is 1. The first-order chi connectivity index (χ1) is 9.69. The largest absolute Gasteiger partial charge is 0.341 e. The number of imidazole rings is 1. The van der Waals surface area contributed by atoms with Crippen LogP contribution in [0.4, 0.5) is 0 Å². The maximum Gasteiger partial charge on any atom is 0.116 e. The number of hydrogen-bond donors (Lipinski definition) is 2. The summed E-state index contributed by atoms with van der Waals surface area (Å²) < 4.78 is 0. The Kier molecular flexibility index (Phi) is 4.66. The van der Waals surface area contributed by atoms with E-state index in [-0.39, 0.29) is 18.3 Å². The normalized spacial score (nSPS) is 12.1. The van der Waals surface area contributed by atoms with Crippen molar-refractivity contribution >= 4 is 23.4 Å². The summed E-state index contributed by atoms with van der Waals surface area (Å²) in [6, 6.07) is 14.6. The topological polar surface area (TPSA) is 54.7 Å². The molecule has 0 saturated heterocycles. The van der Waals surface area contributed by atoms with Crippen LogP contribution in [0.2, 0.25) is 0 Å². The van der Waals surface area contributed by atoms with Crippen LogP contribution in [-0.4, -0.2) is 16.5 Å². The van der Waals surface area contributed by atoms with Crippen LogP contribution in [0.1, 0.15) is 28.4 Å². The lowest BCUT2D eigenvalue weighted by atomic mass is 9.99. The van der Waals surface area contributed by atoms with E-state index in [2.05, 4.69) is 43.1 Å². The van der Waals surface area contributed by atoms with Gasteiger partial charge in [0.2, 0.25) is 0 Å². The van der Waals surface area contributed by atoms with Crippen molar-refractivity contribution < 1.29 is 0 Å². The van der Waals surface area contributed by atoms with Crippen LogP contribution in [0.15, 0.2) is 42.5 Å². The van der Waals surface area contributed by atoms with Crippen LogP contribution in [0, 0.1) is 13.8 Å². The highest BCUT2D eigenvalue weighted by atomic mass is 35.5. The Morgan fingerprint density at radius 2 is 1.76 bits per heavy atom. The van der Waals surface area contributed by atoms with E-state index in [1.807, 2.05) is 18.2 Å². The average molecular weight is 302 g/mol. The predicted octanol–water partition coefficient (Wildman–Crippen LogP) is 3.69. The van der Waals surface area contributed by atoms with Gasteiger partial charge in [0, 0.05) is 6.54 Å². The molecular formula is C17H20ClN3. The summed E-state index contributed by atoms with van der Waals surface area (Å²) in [5, 5.41) is 0. The lowest BCUT2D eigenvalue weighted by Crippen LogP contribution is -2.15. The number of fused-ring (bicyclic) bond motifs is 1. The van der Waals surface area contributed by atoms with Gasteiger partial charge in [0.25, 0.3) is 0 Å². The summed E-state index contributed by atoms with van der Waals surface area (Å²) in [6.07, 6.45) is 0. The summed E-state index contributed by atoms with van der Waals surface area (Å²) in [7, 11) is 0. The molecule has 0 saturated carbocycles. The molecule has 3 nitrogen and oxygen atoms in total. The first-order valence-electron chi connectivity index (χ1n) is 6.91. The molecule has 1 aromatic heterocycles. The van der Waals surface area contributed by atoms with Gasteiger partial charge in [-0.05, 0) is 42.7 Å². The Labute approximate surface area is 131 Å². The van der Waals surface area contributed by atoms with Crippen molar-refractivity contribution in [3.05, 3.63) is 65.0 Å². The molecule has 3 rings (SSSR count). The summed E-state index contributed by atoms with van der Waals surface area (Å²) in [4.78, 5) is 8.15. The number of H-pyrrole nitrogens is 1. The second-order valence-corrected chi connectivity index (χ2v) is 5.27. The van der Waals surface area contributed by atoms with Gasteiger partial charge in [-0.1, -0.05) is 30.3 Å². The summed E-state index contributed by atoms with van der Waals surface area (Å²) >= 11 is 0. The standard InChI is InChI=1S/C17H19N3.ClH/c1-11-8-15-16(9-12(11)2)20-17(19-15)14(10-18)13-6-4-3-5-7-13;/h3-9,14H,10,18H2,1-2H3,(H,19,20);1H. The number of aromatic amines is 1. The van der Waals surface area contributed by atoms with Crippen molar-refractivity contribution in [3.8, 4) is 0 Å². The molecule has 0 aliphatic rings. The fourth-order valence-electron chi connectivity index (χ4n) is 2.55. The maximum atomic E-state index is 5.96. The number of nitrogens with one attached hydrogen (secondary N) is 1. The highest BCUT2D eigenvalue weighted by molar-refractivity contribution is 5.85. The number of benzene rings is 2. The highest BCUT2D eigenvalue weighted by Gasteiger charge is 2.16. The molecule has 3 aromatic rings. The monoisotopic (exact) mass is 301 g/mol. The molecular weight excluding hydrogens is 282 g/mol. The van der Waals surface area contributed by atoms with Crippen molar-refractivity contribution in [1.82, 2.24) is 9.97 Å². The van der Waals surface area contributed by atoms with E-state index in [0.717, 1.165) is 16.9 Å². The van der Waals surface area contributed by atoms with Crippen LogP contribution >= 0.6 is 12.4 Å². The highest BCUT2D eigenvalue weighted by Crippen LogP contribution is 2.25. The van der Waals surface area contributed by atoms with Crippen LogP contribution in [0.3, 0.4) is 0 Å². The van der Waals surface area contributed by atoms with Gasteiger partial charge in [-0.3, -0.25) is 0 Å². The lowest BCUT2D eigenvalue weighted by molar-refractivity contribution is 0.769. The summed E-state index contributed by atoms with van der Waals surface area (Å²) in [6.45, 7) is 4.77. The van der Waals surface area contributed by atoms with Crippen molar-refractivity contribution in [1.29, 1.82) is 0 Å². The first kappa shape index (κ1) is 15.5. The van der Waals surface area contributed by atoms with Crippen LogP contribution in [0.5, 0.6) is 0 Å². The van der Waals surface area contributed by atoms with Crippen molar-refractivity contribution in [3.63, 3.8) is 0 Å². The zero-order valence-electron chi connectivity index (χ0n) is 12.3. The number of aryl methyl sites for hydroxylation is 2. The van der Waals surface area contributed by atoms with Crippen LogP contribution < -0.4 is 5.73 Å². The molecule has 3 N–H and O–H groups in total. The Hall–Kier alpha value is -1.84. The molecule has 0 aliphatic carbocycles. The number of nitrogens with two attached hydrogens (primary N) is 1. The number of rotatable bonds is 3. The van der Waals surface area contributed by atoms with E-state index in [1.54, 1.807) is 0 Å². The van der Waals surface area contributed by atoms with Crippen molar-refractivity contribution in [2.24, 2.45) is 5.73 Å². The maximum absolute atomic E-state index is 5.96. The molecule has 0 aliphatic heterocycles. The molecule has 0 fully saturated rings. The van der Waals surface area contributed by atoms with Gasteiger partial charge >= 0.3 is 0 Å². The minimum absolute atomic E-state index is 0. The van der Waals surface area contributed by atoms with Gasteiger partial charge in [-0.25, -0.2) is 4.98 Å². The van der Waals surface area contributed by atoms with E-state index < -0.39 is 0 Å². The SMILES string of the molecule is Cc1cc2nc(C(CN)c3ccccc3)[nH]c2cc1C.Cl. The van der Waals surface area contributed by atoms with E-state index >= 15 is 0 Å². The van der Waals surface area contributed by atoms with Gasteiger partial charge < -0.3 is 10.7 Å². The Balaban J connectivity index is 0.00000161. The Morgan fingerprint density at radius 3 is 2.43 bits per heavy atom. The van der Waals surface area contributed by atoms with E-state index in [4.69, 9.17) is 10.7 Å². The molecule has 0 amide bonds. The number of hydrogen-bond acceptors (Lipinski definition) is 2. The fraction of sp³-hybridized carbons (Fsp3) is 0.235. The molecule has 0 spiro atoms. The number of halogens is 1. The Morgan fingerprint density at radius 1 is 1.10 bits per heavy atom. The second-order valence-electron chi connectivity index (χ2n) is 5.27. The molecule has 2 aromatic carbocycles. The van der Waals surface area contributed by atoms with Crippen LogP contribution in [-0.2, 0) is 0 Å². The third-order valence-corrected chi connectivity index (χ3v) is 3.88. The molecule has 1 atom stereocenters. The number of aromatic nitrogens is 2. The van der Waals surface area contributed by atoms with E-state index in [1.165, 1.54) is 16.7 Å². The first-order valence-corrected chi connectivity index (χ1v) is 6.91. The lowest BCUT2D eigenvalue weighted by Gasteiger charge is -2.11. The molecule has 0 radical (unpaired) electrons. The van der Waals surface area contributed by atoms with Gasteiger partial charge in [0.05, 0.1) is 17.0 Å². The molecule has 4 heteroatoms. The minimum Gasteiger partial charge on any atom is -0.341 e. The Bertz CT molecular complexity index is 695. The van der Waals surface area contributed by atoms with Crippen LogP contribution in [0.25, 0.3) is 11.0 Å². The third-order valence-electron chi connectivity index (χ3n) is 3.88. The second kappa shape index (κ2) is 6.29. The molecule has 110 valence electrons. The average Bonchev–Trinajstić information content (AvgIpc) is 2.84. The fourth-order valence-corrected chi connectivity index (χ4v) is 2.55. The smallest absolute Gasteiger partial charge is 0.116 e. The summed E-state index contributed by atoms with van der Waals surface area (Å²) in [5.74, 6) is 1.06. The van der Waals surface area contributed by atoms with Crippen molar-refractivity contribution in [2.75, 3.05) is 6.54 Å². The zero-order chi connectivity index (χ0) is 14.1.